The summed E-state index contributed by atoms with van der Waals surface area (Å²) in [7, 11) is 1.62. The van der Waals surface area contributed by atoms with Gasteiger partial charge in [0.25, 0.3) is 0 Å². The molecule has 82 valence electrons. The van der Waals surface area contributed by atoms with Crippen LogP contribution in [0.15, 0.2) is 18.3 Å². The first-order valence-electron chi connectivity index (χ1n) is 4.74. The van der Waals surface area contributed by atoms with Gasteiger partial charge in [-0.3, -0.25) is 0 Å². The molecule has 1 aromatic rings. The van der Waals surface area contributed by atoms with Crippen LogP contribution in [0.2, 0.25) is 5.15 Å². The fourth-order valence-electron chi connectivity index (χ4n) is 1.21. The van der Waals surface area contributed by atoms with Crippen LogP contribution in [0.25, 0.3) is 0 Å². The van der Waals surface area contributed by atoms with E-state index in [0.717, 1.165) is 5.56 Å². The SMILES string of the molecule is CCN(Cc1ccc(Cl)nc1)C(=O)NC. The molecule has 0 radical (unpaired) electrons. The van der Waals surface area contributed by atoms with E-state index in [4.69, 9.17) is 11.6 Å². The van der Waals surface area contributed by atoms with Gasteiger partial charge in [0.15, 0.2) is 0 Å². The third-order valence-corrected chi connectivity index (χ3v) is 2.27. The first-order chi connectivity index (χ1) is 7.17. The molecular weight excluding hydrogens is 214 g/mol. The molecule has 0 atom stereocenters. The number of nitrogens with one attached hydrogen (secondary N) is 1. The molecule has 0 aliphatic rings. The number of halogens is 1. The number of carbonyl (C=O) groups excluding carboxylic acids is 1. The molecule has 0 unspecified atom stereocenters. The third-order valence-electron chi connectivity index (χ3n) is 2.04. The van der Waals surface area contributed by atoms with Gasteiger partial charge in [0.05, 0.1) is 0 Å². The Balaban J connectivity index is 2.66. The zero-order valence-corrected chi connectivity index (χ0v) is 9.58. The first kappa shape index (κ1) is 11.8. The Bertz CT molecular complexity index is 326. The van der Waals surface area contributed by atoms with Crippen molar-refractivity contribution in [1.82, 2.24) is 15.2 Å². The van der Waals surface area contributed by atoms with E-state index in [1.807, 2.05) is 13.0 Å². The second kappa shape index (κ2) is 5.56. The van der Waals surface area contributed by atoms with Crippen LogP contribution in [-0.2, 0) is 6.54 Å². The molecule has 0 aliphatic heterocycles. The summed E-state index contributed by atoms with van der Waals surface area (Å²) in [6.07, 6.45) is 1.67. The lowest BCUT2D eigenvalue weighted by Gasteiger charge is -2.19. The van der Waals surface area contributed by atoms with Gasteiger partial charge in [-0.15, -0.1) is 0 Å². The predicted octanol–water partition coefficient (Wildman–Crippen LogP) is 1.90. The van der Waals surface area contributed by atoms with E-state index in [-0.39, 0.29) is 6.03 Å². The van der Waals surface area contributed by atoms with Crippen molar-refractivity contribution in [2.24, 2.45) is 0 Å². The van der Waals surface area contributed by atoms with Crippen molar-refractivity contribution in [3.63, 3.8) is 0 Å². The van der Waals surface area contributed by atoms with Crippen LogP contribution < -0.4 is 5.32 Å². The maximum absolute atomic E-state index is 11.4. The lowest BCUT2D eigenvalue weighted by molar-refractivity contribution is 0.200. The van der Waals surface area contributed by atoms with Crippen LogP contribution in [0, 0.1) is 0 Å². The van der Waals surface area contributed by atoms with Gasteiger partial charge in [-0.05, 0) is 18.6 Å². The Morgan fingerprint density at radius 2 is 2.33 bits per heavy atom. The smallest absolute Gasteiger partial charge is 0.317 e. The van der Waals surface area contributed by atoms with Crippen LogP contribution in [0.5, 0.6) is 0 Å². The lowest BCUT2D eigenvalue weighted by atomic mass is 10.2. The molecule has 0 saturated heterocycles. The molecule has 1 N–H and O–H groups in total. The maximum atomic E-state index is 11.4. The molecule has 5 heteroatoms. The Hall–Kier alpha value is -1.29. The van der Waals surface area contributed by atoms with Crippen LogP contribution >= 0.6 is 11.6 Å². The molecule has 2 amide bonds. The first-order valence-corrected chi connectivity index (χ1v) is 5.12. The largest absolute Gasteiger partial charge is 0.341 e. The number of urea groups is 1. The van der Waals surface area contributed by atoms with Gasteiger partial charge in [-0.1, -0.05) is 17.7 Å². The molecule has 0 aromatic carbocycles. The third kappa shape index (κ3) is 3.40. The van der Waals surface area contributed by atoms with E-state index >= 15 is 0 Å². The normalized spacial score (nSPS) is 9.80. The summed E-state index contributed by atoms with van der Waals surface area (Å²) in [6, 6.07) is 3.49. The number of hydrogen-bond donors (Lipinski definition) is 1. The van der Waals surface area contributed by atoms with Crippen molar-refractivity contribution in [2.45, 2.75) is 13.5 Å². The quantitative estimate of drug-likeness (QED) is 0.802. The lowest BCUT2D eigenvalue weighted by Crippen LogP contribution is -2.37. The number of rotatable bonds is 3. The number of pyridine rings is 1. The van der Waals surface area contributed by atoms with E-state index in [1.54, 1.807) is 24.2 Å². The van der Waals surface area contributed by atoms with Crippen molar-refractivity contribution in [3.05, 3.63) is 29.0 Å². The summed E-state index contributed by atoms with van der Waals surface area (Å²) in [6.45, 7) is 3.13. The average molecular weight is 228 g/mol. The van der Waals surface area contributed by atoms with Gasteiger partial charge in [-0.25, -0.2) is 9.78 Å². The Labute approximate surface area is 94.3 Å². The minimum absolute atomic E-state index is 0.0903. The van der Waals surface area contributed by atoms with Crippen LogP contribution in [0.3, 0.4) is 0 Å². The minimum atomic E-state index is -0.0903. The number of amides is 2. The average Bonchev–Trinajstić information content (AvgIpc) is 2.27. The summed E-state index contributed by atoms with van der Waals surface area (Å²) in [5.74, 6) is 0. The Morgan fingerprint density at radius 3 is 2.80 bits per heavy atom. The highest BCUT2D eigenvalue weighted by atomic mass is 35.5. The van der Waals surface area contributed by atoms with Gasteiger partial charge in [0.2, 0.25) is 0 Å². The second-order valence-electron chi connectivity index (χ2n) is 3.06. The second-order valence-corrected chi connectivity index (χ2v) is 3.45. The fourth-order valence-corrected chi connectivity index (χ4v) is 1.32. The van der Waals surface area contributed by atoms with Crippen LogP contribution in [0.4, 0.5) is 4.79 Å². The van der Waals surface area contributed by atoms with Gasteiger partial charge in [-0.2, -0.15) is 0 Å². The number of aromatic nitrogens is 1. The van der Waals surface area contributed by atoms with E-state index in [0.29, 0.717) is 18.2 Å². The highest BCUT2D eigenvalue weighted by Crippen LogP contribution is 2.07. The van der Waals surface area contributed by atoms with E-state index < -0.39 is 0 Å². The molecule has 1 rings (SSSR count). The summed E-state index contributed by atoms with van der Waals surface area (Å²) >= 11 is 5.67. The summed E-state index contributed by atoms with van der Waals surface area (Å²) in [5, 5.41) is 3.05. The maximum Gasteiger partial charge on any atom is 0.317 e. The van der Waals surface area contributed by atoms with Gasteiger partial charge >= 0.3 is 6.03 Å². The fraction of sp³-hybridized carbons (Fsp3) is 0.400. The van der Waals surface area contributed by atoms with Gasteiger partial charge in [0, 0.05) is 26.3 Å². The van der Waals surface area contributed by atoms with Crippen molar-refractivity contribution in [1.29, 1.82) is 0 Å². The van der Waals surface area contributed by atoms with Crippen molar-refractivity contribution in [2.75, 3.05) is 13.6 Å². The van der Waals surface area contributed by atoms with E-state index in [9.17, 15) is 4.79 Å². The number of carbonyl (C=O) groups is 1. The highest BCUT2D eigenvalue weighted by Gasteiger charge is 2.09. The topological polar surface area (TPSA) is 45.2 Å². The molecule has 4 nitrogen and oxygen atoms in total. The molecule has 0 fully saturated rings. The van der Waals surface area contributed by atoms with E-state index in [1.165, 1.54) is 0 Å². The van der Waals surface area contributed by atoms with Gasteiger partial charge < -0.3 is 10.2 Å². The molecule has 0 spiro atoms. The van der Waals surface area contributed by atoms with E-state index in [2.05, 4.69) is 10.3 Å². The van der Waals surface area contributed by atoms with Crippen LogP contribution in [0.1, 0.15) is 12.5 Å². The summed E-state index contributed by atoms with van der Waals surface area (Å²) < 4.78 is 0. The summed E-state index contributed by atoms with van der Waals surface area (Å²) in [5.41, 5.74) is 0.963. The van der Waals surface area contributed by atoms with Crippen LogP contribution in [-0.4, -0.2) is 29.5 Å². The Morgan fingerprint density at radius 1 is 1.60 bits per heavy atom. The van der Waals surface area contributed by atoms with Crippen molar-refractivity contribution >= 4 is 17.6 Å². The summed E-state index contributed by atoms with van der Waals surface area (Å²) in [4.78, 5) is 17.0. The van der Waals surface area contributed by atoms with Crippen molar-refractivity contribution < 1.29 is 4.79 Å². The molecule has 0 saturated carbocycles. The standard InChI is InChI=1S/C10H14ClN3O/c1-3-14(10(15)12-2)7-8-4-5-9(11)13-6-8/h4-6H,3,7H2,1-2H3,(H,12,15). The molecule has 0 aliphatic carbocycles. The number of hydrogen-bond acceptors (Lipinski definition) is 2. The molecule has 1 aromatic heterocycles. The predicted molar refractivity (Wildman–Crippen MR) is 59.8 cm³/mol. The van der Waals surface area contributed by atoms with Gasteiger partial charge in [0.1, 0.15) is 5.15 Å². The molecule has 15 heavy (non-hydrogen) atoms. The molecular formula is C10H14ClN3O. The minimum Gasteiger partial charge on any atom is -0.341 e. The van der Waals surface area contributed by atoms with Crippen molar-refractivity contribution in [3.8, 4) is 0 Å². The monoisotopic (exact) mass is 227 g/mol. The molecule has 0 bridgehead atoms. The number of nitrogens with zero attached hydrogens (tertiary/aromatic N) is 2. The molecule has 1 heterocycles. The zero-order chi connectivity index (χ0) is 11.3. The highest BCUT2D eigenvalue weighted by molar-refractivity contribution is 6.29. The Kier molecular flexibility index (Phi) is 4.37. The zero-order valence-electron chi connectivity index (χ0n) is 8.83.